The standard InChI is InChI=1S/C31H42N8S3/c1-27(2,22-14-32-18-35-22)8-9-29(5,23-16-40-21-37-23)10-11-30(6,24-15-33-20-42-24)17-31(7,26-34-12-13-41-26)28(3,4)25-36-19-38-39-25/h12-16,18-21H,8-11,17H2,1-7H3,(H,32,35)(H,36,38,39). The van der Waals surface area contributed by atoms with Crippen LogP contribution >= 0.6 is 34.0 Å². The van der Waals surface area contributed by atoms with Crippen molar-refractivity contribution >= 4 is 34.0 Å². The van der Waals surface area contributed by atoms with Gasteiger partial charge in [0.05, 0.1) is 28.0 Å². The minimum Gasteiger partial charge on any atom is -0.348 e. The summed E-state index contributed by atoms with van der Waals surface area (Å²) in [7, 11) is 0. The Morgan fingerprint density at radius 2 is 1.60 bits per heavy atom. The highest BCUT2D eigenvalue weighted by Gasteiger charge is 2.52. The summed E-state index contributed by atoms with van der Waals surface area (Å²) in [5.74, 6) is 0.875. The molecule has 2 N–H and O–H groups in total. The largest absolute Gasteiger partial charge is 0.348 e. The number of nitrogens with zero attached hydrogens (tertiary/aromatic N) is 6. The molecule has 5 heterocycles. The van der Waals surface area contributed by atoms with E-state index in [0.29, 0.717) is 0 Å². The highest BCUT2D eigenvalue weighted by molar-refractivity contribution is 7.10. The molecule has 42 heavy (non-hydrogen) atoms. The average Bonchev–Trinajstić information content (AvgIpc) is 3.80. The summed E-state index contributed by atoms with van der Waals surface area (Å²) < 4.78 is 0. The quantitative estimate of drug-likeness (QED) is 0.130. The fourth-order valence-corrected chi connectivity index (χ4v) is 8.70. The molecule has 8 nitrogen and oxygen atoms in total. The first-order valence-corrected chi connectivity index (χ1v) is 17.1. The van der Waals surface area contributed by atoms with Crippen LogP contribution in [0.5, 0.6) is 0 Å². The number of aromatic nitrogens is 8. The van der Waals surface area contributed by atoms with Gasteiger partial charge >= 0.3 is 0 Å². The first-order chi connectivity index (χ1) is 19.9. The van der Waals surface area contributed by atoms with Gasteiger partial charge in [0.2, 0.25) is 0 Å². The molecule has 0 aromatic carbocycles. The smallest absolute Gasteiger partial charge is 0.137 e. The van der Waals surface area contributed by atoms with Gasteiger partial charge < -0.3 is 4.98 Å². The third-order valence-corrected chi connectivity index (χ3v) is 12.6. The minimum atomic E-state index is -0.348. The number of aromatic amines is 2. The van der Waals surface area contributed by atoms with E-state index < -0.39 is 0 Å². The molecule has 0 saturated carbocycles. The van der Waals surface area contributed by atoms with Crippen LogP contribution in [0.1, 0.15) is 108 Å². The zero-order chi connectivity index (χ0) is 30.1. The summed E-state index contributed by atoms with van der Waals surface area (Å²) in [6.07, 6.45) is 14.2. The molecule has 0 aliphatic carbocycles. The van der Waals surface area contributed by atoms with E-state index in [1.165, 1.54) is 16.3 Å². The molecule has 0 aliphatic heterocycles. The Kier molecular flexibility index (Phi) is 8.57. The van der Waals surface area contributed by atoms with Crippen LogP contribution in [-0.4, -0.2) is 40.1 Å². The lowest BCUT2D eigenvalue weighted by molar-refractivity contribution is 0.178. The van der Waals surface area contributed by atoms with E-state index in [2.05, 4.69) is 95.6 Å². The normalized spacial score (nSPS) is 17.0. The second-order valence-electron chi connectivity index (χ2n) is 13.5. The number of H-pyrrole nitrogens is 2. The van der Waals surface area contributed by atoms with E-state index in [9.17, 15) is 0 Å². The summed E-state index contributed by atoms with van der Waals surface area (Å²) >= 11 is 5.15. The van der Waals surface area contributed by atoms with E-state index in [0.717, 1.165) is 42.9 Å². The van der Waals surface area contributed by atoms with E-state index in [1.54, 1.807) is 46.7 Å². The van der Waals surface area contributed by atoms with E-state index in [-0.39, 0.29) is 27.1 Å². The maximum absolute atomic E-state index is 4.89. The molecule has 0 aliphatic rings. The average molecular weight is 623 g/mol. The van der Waals surface area contributed by atoms with Crippen molar-refractivity contribution in [2.24, 2.45) is 0 Å². The molecule has 0 spiro atoms. The number of imidazole rings is 1. The molecular formula is C31H42N8S3. The van der Waals surface area contributed by atoms with Crippen molar-refractivity contribution in [2.45, 2.75) is 108 Å². The zero-order valence-corrected chi connectivity index (χ0v) is 28.1. The van der Waals surface area contributed by atoms with Crippen LogP contribution in [0.2, 0.25) is 0 Å². The van der Waals surface area contributed by atoms with Gasteiger partial charge in [0.25, 0.3) is 0 Å². The van der Waals surface area contributed by atoms with Gasteiger partial charge in [-0.1, -0.05) is 48.5 Å². The second-order valence-corrected chi connectivity index (χ2v) is 16.0. The monoisotopic (exact) mass is 622 g/mol. The predicted molar refractivity (Wildman–Crippen MR) is 173 cm³/mol. The third-order valence-electron chi connectivity index (χ3n) is 9.87. The van der Waals surface area contributed by atoms with Crippen molar-refractivity contribution in [3.63, 3.8) is 0 Å². The third kappa shape index (κ3) is 5.88. The van der Waals surface area contributed by atoms with Gasteiger partial charge in [0.1, 0.15) is 12.2 Å². The summed E-state index contributed by atoms with van der Waals surface area (Å²) in [5.41, 5.74) is 5.36. The lowest BCUT2D eigenvalue weighted by Crippen LogP contribution is -2.48. The fraction of sp³-hybridized carbons (Fsp3) is 0.548. The van der Waals surface area contributed by atoms with Crippen LogP contribution in [0.4, 0.5) is 0 Å². The van der Waals surface area contributed by atoms with Crippen molar-refractivity contribution in [1.82, 2.24) is 40.1 Å². The highest BCUT2D eigenvalue weighted by atomic mass is 32.1. The molecule has 224 valence electrons. The fourth-order valence-electron chi connectivity index (χ4n) is 6.21. The molecular weight excluding hydrogens is 581 g/mol. The lowest BCUT2D eigenvalue weighted by Gasteiger charge is -2.47. The molecule has 11 heteroatoms. The Labute approximate surface area is 260 Å². The van der Waals surface area contributed by atoms with Gasteiger partial charge in [-0.15, -0.1) is 34.0 Å². The van der Waals surface area contributed by atoms with Crippen molar-refractivity contribution < 1.29 is 0 Å². The molecule has 3 atom stereocenters. The lowest BCUT2D eigenvalue weighted by atomic mass is 9.58. The first-order valence-electron chi connectivity index (χ1n) is 14.4. The number of hydrogen-bond donors (Lipinski definition) is 2. The van der Waals surface area contributed by atoms with Crippen LogP contribution in [0.3, 0.4) is 0 Å². The van der Waals surface area contributed by atoms with E-state index >= 15 is 0 Å². The first kappa shape index (κ1) is 30.7. The Hall–Kier alpha value is -2.76. The maximum atomic E-state index is 4.89. The van der Waals surface area contributed by atoms with Crippen LogP contribution in [0.15, 0.2) is 53.0 Å². The topological polar surface area (TPSA) is 109 Å². The van der Waals surface area contributed by atoms with Crippen LogP contribution in [0.25, 0.3) is 0 Å². The molecule has 0 radical (unpaired) electrons. The van der Waals surface area contributed by atoms with E-state index in [1.807, 2.05) is 23.4 Å². The van der Waals surface area contributed by atoms with Crippen molar-refractivity contribution in [1.29, 1.82) is 0 Å². The SMILES string of the molecule is CC(C)(CCC(C)(CCC(C)(CC(C)(c1nccs1)C(C)(C)c1ncn[nH]1)c1cncs1)c1cscn1)c1cnc[nH]1. The van der Waals surface area contributed by atoms with Gasteiger partial charge in [0.15, 0.2) is 0 Å². The molecule has 3 unspecified atom stereocenters. The van der Waals surface area contributed by atoms with Gasteiger partial charge in [-0.05, 0) is 32.1 Å². The predicted octanol–water partition coefficient (Wildman–Crippen LogP) is 7.98. The van der Waals surface area contributed by atoms with Crippen LogP contribution in [0, 0.1) is 0 Å². The summed E-state index contributed by atoms with van der Waals surface area (Å²) in [6.45, 7) is 16.3. The summed E-state index contributed by atoms with van der Waals surface area (Å²) in [5, 5.41) is 12.8. The van der Waals surface area contributed by atoms with Crippen molar-refractivity contribution in [2.75, 3.05) is 0 Å². The molecule has 0 fully saturated rings. The molecule has 0 bridgehead atoms. The van der Waals surface area contributed by atoms with Crippen LogP contribution in [-0.2, 0) is 27.1 Å². The van der Waals surface area contributed by atoms with Gasteiger partial charge in [0, 0.05) is 67.0 Å². The Morgan fingerprint density at radius 3 is 2.19 bits per heavy atom. The summed E-state index contributed by atoms with van der Waals surface area (Å²) in [4.78, 5) is 27.9. The molecule has 5 aromatic heterocycles. The summed E-state index contributed by atoms with van der Waals surface area (Å²) in [6, 6.07) is 0. The number of thiazole rings is 3. The van der Waals surface area contributed by atoms with Gasteiger partial charge in [-0.3, -0.25) is 10.1 Å². The molecule has 0 amide bonds. The molecule has 5 rings (SSSR count). The number of nitrogens with one attached hydrogen (secondary N) is 2. The van der Waals surface area contributed by atoms with Gasteiger partial charge in [-0.2, -0.15) is 5.10 Å². The number of rotatable bonds is 14. The van der Waals surface area contributed by atoms with Gasteiger partial charge in [-0.25, -0.2) is 19.9 Å². The van der Waals surface area contributed by atoms with Crippen LogP contribution < -0.4 is 0 Å². The maximum Gasteiger partial charge on any atom is 0.137 e. The molecule has 5 aromatic rings. The Morgan fingerprint density at radius 1 is 0.810 bits per heavy atom. The number of hydrogen-bond acceptors (Lipinski definition) is 9. The zero-order valence-electron chi connectivity index (χ0n) is 25.6. The Balaban J connectivity index is 1.48. The Bertz CT molecular complexity index is 1490. The molecule has 0 saturated heterocycles. The van der Waals surface area contributed by atoms with Crippen molar-refractivity contribution in [3.05, 3.63) is 80.1 Å². The minimum absolute atomic E-state index is 0.0146. The highest BCUT2D eigenvalue weighted by Crippen LogP contribution is 2.53. The second kappa shape index (κ2) is 11.7. The van der Waals surface area contributed by atoms with Crippen molar-refractivity contribution in [3.8, 4) is 0 Å². The van der Waals surface area contributed by atoms with E-state index in [4.69, 9.17) is 9.97 Å².